The third-order valence-corrected chi connectivity index (χ3v) is 5.93. The molecule has 3 rings (SSSR count). The summed E-state index contributed by atoms with van der Waals surface area (Å²) < 4.78 is 1.00. The summed E-state index contributed by atoms with van der Waals surface area (Å²) in [5.74, 6) is 0.348. The zero-order valence-corrected chi connectivity index (χ0v) is 16.7. The Morgan fingerprint density at radius 1 is 1.28 bits per heavy atom. The number of hydrogen-bond acceptors (Lipinski definition) is 3. The average molecular weight is 431 g/mol. The summed E-state index contributed by atoms with van der Waals surface area (Å²) in [6.07, 6.45) is 5.79. The molecule has 3 atom stereocenters. The van der Waals surface area contributed by atoms with Crippen molar-refractivity contribution < 1.29 is 9.59 Å². The number of carbonyl (C=O) groups is 2. The molecule has 3 unspecified atom stereocenters. The van der Waals surface area contributed by atoms with Gasteiger partial charge < -0.3 is 16.0 Å². The highest BCUT2D eigenvalue weighted by Crippen LogP contribution is 2.33. The van der Waals surface area contributed by atoms with Crippen LogP contribution in [0.1, 0.15) is 37.7 Å². The van der Waals surface area contributed by atoms with E-state index in [4.69, 9.17) is 0 Å². The molecular formula is C18H25BrClN3O2. The van der Waals surface area contributed by atoms with Crippen LogP contribution in [0.15, 0.2) is 22.7 Å². The van der Waals surface area contributed by atoms with E-state index in [-0.39, 0.29) is 36.8 Å². The molecule has 1 aliphatic heterocycles. The molecule has 2 fully saturated rings. The first-order valence-electron chi connectivity index (χ1n) is 8.62. The van der Waals surface area contributed by atoms with Crippen molar-refractivity contribution in [3.05, 3.63) is 28.2 Å². The van der Waals surface area contributed by atoms with E-state index in [9.17, 15) is 9.59 Å². The molecule has 5 nitrogen and oxygen atoms in total. The van der Waals surface area contributed by atoms with E-state index in [1.165, 1.54) is 19.3 Å². The van der Waals surface area contributed by atoms with Crippen molar-refractivity contribution in [2.45, 2.75) is 51.1 Å². The van der Waals surface area contributed by atoms with E-state index < -0.39 is 0 Å². The number of nitrogens with one attached hydrogen (secondary N) is 3. The van der Waals surface area contributed by atoms with Crippen LogP contribution in [-0.2, 0) is 9.59 Å². The van der Waals surface area contributed by atoms with Crippen molar-refractivity contribution in [1.82, 2.24) is 10.6 Å². The molecule has 25 heavy (non-hydrogen) atoms. The first-order chi connectivity index (χ1) is 11.5. The average Bonchev–Trinajstić information content (AvgIpc) is 3.00. The van der Waals surface area contributed by atoms with Crippen LogP contribution >= 0.6 is 28.3 Å². The minimum Gasteiger partial charge on any atom is -0.346 e. The highest BCUT2D eigenvalue weighted by molar-refractivity contribution is 9.10. The van der Waals surface area contributed by atoms with Gasteiger partial charge in [-0.1, -0.05) is 28.8 Å². The lowest BCUT2D eigenvalue weighted by molar-refractivity contribution is -0.125. The Balaban J connectivity index is 0.00000225. The van der Waals surface area contributed by atoms with Crippen LogP contribution in [0.2, 0.25) is 0 Å². The molecule has 1 saturated carbocycles. The second-order valence-electron chi connectivity index (χ2n) is 6.84. The molecule has 1 aliphatic carbocycles. The fourth-order valence-electron chi connectivity index (χ4n) is 3.74. The van der Waals surface area contributed by atoms with E-state index in [0.29, 0.717) is 12.0 Å². The van der Waals surface area contributed by atoms with E-state index in [2.05, 4.69) is 31.9 Å². The third-order valence-electron chi connectivity index (χ3n) is 5.04. The van der Waals surface area contributed by atoms with Crippen LogP contribution in [0.4, 0.5) is 5.69 Å². The normalized spacial score (nSPS) is 24.8. The van der Waals surface area contributed by atoms with Crippen molar-refractivity contribution in [3.63, 3.8) is 0 Å². The number of fused-ring (bicyclic) bond motifs is 1. The van der Waals surface area contributed by atoms with Crippen molar-refractivity contribution in [1.29, 1.82) is 0 Å². The molecule has 138 valence electrons. The lowest BCUT2D eigenvalue weighted by Crippen LogP contribution is -2.45. The second-order valence-corrected chi connectivity index (χ2v) is 7.69. The Hall–Kier alpha value is -1.11. The Labute approximate surface area is 163 Å². The zero-order chi connectivity index (χ0) is 17.1. The zero-order valence-electron chi connectivity index (χ0n) is 14.3. The molecule has 1 aromatic carbocycles. The molecule has 1 aromatic rings. The number of hydrogen-bond donors (Lipinski definition) is 3. The van der Waals surface area contributed by atoms with E-state index in [1.807, 2.05) is 25.1 Å². The maximum Gasteiger partial charge on any atom is 0.243 e. The van der Waals surface area contributed by atoms with E-state index >= 15 is 0 Å². The fraction of sp³-hybridized carbons (Fsp3) is 0.556. The summed E-state index contributed by atoms with van der Waals surface area (Å²) in [6.45, 7) is 1.97. The molecule has 0 aromatic heterocycles. The monoisotopic (exact) mass is 429 g/mol. The quantitative estimate of drug-likeness (QED) is 0.687. The van der Waals surface area contributed by atoms with Crippen LogP contribution in [0.25, 0.3) is 0 Å². The Morgan fingerprint density at radius 2 is 2.04 bits per heavy atom. The van der Waals surface area contributed by atoms with Crippen LogP contribution in [-0.4, -0.2) is 30.4 Å². The second kappa shape index (κ2) is 9.01. The maximum absolute atomic E-state index is 12.3. The number of aryl methyl sites for hydroxylation is 1. The van der Waals surface area contributed by atoms with Gasteiger partial charge in [-0.25, -0.2) is 0 Å². The summed E-state index contributed by atoms with van der Waals surface area (Å²) in [6, 6.07) is 5.95. The van der Waals surface area contributed by atoms with Gasteiger partial charge in [0.05, 0.1) is 12.6 Å². The fourth-order valence-corrected chi connectivity index (χ4v) is 3.99. The lowest BCUT2D eigenvalue weighted by atomic mass is 9.85. The van der Waals surface area contributed by atoms with Crippen molar-refractivity contribution >= 4 is 45.8 Å². The molecule has 1 heterocycles. The van der Waals surface area contributed by atoms with Gasteiger partial charge in [-0.3, -0.25) is 9.59 Å². The first-order valence-corrected chi connectivity index (χ1v) is 9.42. The minimum atomic E-state index is -0.208. The molecule has 7 heteroatoms. The van der Waals surface area contributed by atoms with Gasteiger partial charge in [0.15, 0.2) is 0 Å². The van der Waals surface area contributed by atoms with Gasteiger partial charge in [0.1, 0.15) is 0 Å². The SMILES string of the molecule is Cc1cc(NC(=O)CNC(=O)C2CC3CCCCC3N2)ccc1Br.Cl. The van der Waals surface area contributed by atoms with Crippen LogP contribution < -0.4 is 16.0 Å². The third kappa shape index (κ3) is 5.19. The Morgan fingerprint density at radius 3 is 2.76 bits per heavy atom. The smallest absolute Gasteiger partial charge is 0.243 e. The highest BCUT2D eigenvalue weighted by Gasteiger charge is 2.38. The maximum atomic E-state index is 12.3. The minimum absolute atomic E-state index is 0. The van der Waals surface area contributed by atoms with Gasteiger partial charge in [0, 0.05) is 16.2 Å². The topological polar surface area (TPSA) is 70.2 Å². The summed E-state index contributed by atoms with van der Waals surface area (Å²) in [5, 5.41) is 9.00. The first kappa shape index (κ1) is 20.2. The van der Waals surface area contributed by atoms with Gasteiger partial charge in [-0.05, 0) is 55.9 Å². The summed E-state index contributed by atoms with van der Waals surface area (Å²) in [5.41, 5.74) is 1.79. The number of halogens is 2. The number of carbonyl (C=O) groups excluding carboxylic acids is 2. The van der Waals surface area contributed by atoms with Gasteiger partial charge in [0.2, 0.25) is 11.8 Å². The summed E-state index contributed by atoms with van der Waals surface area (Å²) in [4.78, 5) is 24.3. The van der Waals surface area contributed by atoms with E-state index in [0.717, 1.165) is 28.6 Å². The van der Waals surface area contributed by atoms with Crippen LogP contribution in [0.5, 0.6) is 0 Å². The largest absolute Gasteiger partial charge is 0.346 e. The predicted octanol–water partition coefficient (Wildman–Crippen LogP) is 3.15. The van der Waals surface area contributed by atoms with Crippen LogP contribution in [0.3, 0.4) is 0 Å². The standard InChI is InChI=1S/C18H24BrN3O2.ClH/c1-11-8-13(6-7-14(11)19)21-17(23)10-20-18(24)16-9-12-4-2-3-5-15(12)22-16;/h6-8,12,15-16,22H,2-5,9-10H2,1H3,(H,20,24)(H,21,23);1H. The van der Waals surface area contributed by atoms with Crippen LogP contribution in [0, 0.1) is 12.8 Å². The molecular weight excluding hydrogens is 406 g/mol. The molecule has 0 bridgehead atoms. The predicted molar refractivity (Wildman–Crippen MR) is 105 cm³/mol. The Bertz CT molecular complexity index is 627. The van der Waals surface area contributed by atoms with Crippen molar-refractivity contribution in [2.75, 3.05) is 11.9 Å². The Kier molecular flexibility index (Phi) is 7.28. The van der Waals surface area contributed by atoms with Crippen molar-refractivity contribution in [3.8, 4) is 0 Å². The highest BCUT2D eigenvalue weighted by atomic mass is 79.9. The van der Waals surface area contributed by atoms with Crippen molar-refractivity contribution in [2.24, 2.45) is 5.92 Å². The van der Waals surface area contributed by atoms with Gasteiger partial charge >= 0.3 is 0 Å². The summed E-state index contributed by atoms with van der Waals surface area (Å²) >= 11 is 3.43. The molecule has 3 N–H and O–H groups in total. The molecule has 2 aliphatic rings. The van der Waals surface area contributed by atoms with Gasteiger partial charge in [0.25, 0.3) is 0 Å². The van der Waals surface area contributed by atoms with E-state index in [1.54, 1.807) is 0 Å². The number of amides is 2. The molecule has 1 saturated heterocycles. The van der Waals surface area contributed by atoms with Gasteiger partial charge in [-0.2, -0.15) is 0 Å². The molecule has 2 amide bonds. The number of anilines is 1. The summed E-state index contributed by atoms with van der Waals surface area (Å²) in [7, 11) is 0. The number of benzene rings is 1. The molecule has 0 radical (unpaired) electrons. The van der Waals surface area contributed by atoms with Gasteiger partial charge in [-0.15, -0.1) is 12.4 Å². The molecule has 0 spiro atoms. The number of rotatable bonds is 4. The lowest BCUT2D eigenvalue weighted by Gasteiger charge is -2.24.